The Kier molecular flexibility index (Phi) is 5.75. The number of piperazine rings is 1. The van der Waals surface area contributed by atoms with Crippen molar-refractivity contribution < 1.29 is 9.18 Å². The van der Waals surface area contributed by atoms with Gasteiger partial charge in [0.1, 0.15) is 11.6 Å². The molecule has 2 aliphatic rings. The standard InChI is InChI=1S/C24H27FN6O/c25-19-9-7-18(8-10-19)17-26-22-20-5-1-2-6-21(20)27-23(28-22)29-13-15-31(16-14-29)24(32)30-11-3-4-12-30/h1-2,5-10H,3-4,11-17H2,(H,26,27,28). The van der Waals surface area contributed by atoms with Crippen molar-refractivity contribution in [3.8, 4) is 0 Å². The highest BCUT2D eigenvalue weighted by molar-refractivity contribution is 5.90. The van der Waals surface area contributed by atoms with E-state index in [1.807, 2.05) is 34.1 Å². The number of aromatic nitrogens is 2. The van der Waals surface area contributed by atoms with E-state index in [0.717, 1.165) is 48.2 Å². The van der Waals surface area contributed by atoms with Gasteiger partial charge in [-0.1, -0.05) is 24.3 Å². The van der Waals surface area contributed by atoms with E-state index in [1.54, 1.807) is 12.1 Å². The fourth-order valence-corrected chi connectivity index (χ4v) is 4.33. The Hall–Kier alpha value is -3.42. The Labute approximate surface area is 186 Å². The molecule has 0 aliphatic carbocycles. The van der Waals surface area contributed by atoms with Gasteiger partial charge in [0, 0.05) is 51.2 Å². The second kappa shape index (κ2) is 8.98. The largest absolute Gasteiger partial charge is 0.365 e. The van der Waals surface area contributed by atoms with E-state index in [0.29, 0.717) is 38.7 Å². The fraction of sp³-hybridized carbons (Fsp3) is 0.375. The number of hydrogen-bond acceptors (Lipinski definition) is 5. The minimum atomic E-state index is -0.245. The summed E-state index contributed by atoms with van der Waals surface area (Å²) in [4.78, 5) is 28.3. The van der Waals surface area contributed by atoms with Crippen LogP contribution < -0.4 is 10.2 Å². The van der Waals surface area contributed by atoms with E-state index in [9.17, 15) is 9.18 Å². The van der Waals surface area contributed by atoms with Gasteiger partial charge in [-0.2, -0.15) is 4.98 Å². The number of nitrogens with one attached hydrogen (secondary N) is 1. The molecule has 1 aromatic heterocycles. The van der Waals surface area contributed by atoms with Crippen LogP contribution in [0.1, 0.15) is 18.4 Å². The summed E-state index contributed by atoms with van der Waals surface area (Å²) in [5.74, 6) is 1.18. The molecular formula is C24H27FN6O. The highest BCUT2D eigenvalue weighted by Gasteiger charge is 2.28. The number of para-hydroxylation sites is 1. The second-order valence-corrected chi connectivity index (χ2v) is 8.32. The van der Waals surface area contributed by atoms with Crippen molar-refractivity contribution in [3.63, 3.8) is 0 Å². The third kappa shape index (κ3) is 4.30. The minimum absolute atomic E-state index is 0.156. The molecule has 0 bridgehead atoms. The first-order valence-electron chi connectivity index (χ1n) is 11.2. The van der Waals surface area contributed by atoms with E-state index in [1.165, 1.54) is 12.1 Å². The van der Waals surface area contributed by atoms with Gasteiger partial charge in [0.15, 0.2) is 0 Å². The highest BCUT2D eigenvalue weighted by atomic mass is 19.1. The van der Waals surface area contributed by atoms with Gasteiger partial charge in [0.25, 0.3) is 0 Å². The van der Waals surface area contributed by atoms with Gasteiger partial charge in [0.2, 0.25) is 5.95 Å². The average Bonchev–Trinajstić information content (AvgIpc) is 3.38. The molecule has 3 heterocycles. The van der Waals surface area contributed by atoms with Crippen LogP contribution in [0.25, 0.3) is 10.9 Å². The minimum Gasteiger partial charge on any atom is -0.365 e. The number of benzene rings is 2. The van der Waals surface area contributed by atoms with E-state index >= 15 is 0 Å². The van der Waals surface area contributed by atoms with Crippen molar-refractivity contribution in [2.24, 2.45) is 0 Å². The molecule has 5 rings (SSSR count). The summed E-state index contributed by atoms with van der Waals surface area (Å²) in [6.07, 6.45) is 2.20. The topological polar surface area (TPSA) is 64.6 Å². The van der Waals surface area contributed by atoms with Gasteiger partial charge in [0.05, 0.1) is 5.52 Å². The number of carbonyl (C=O) groups excluding carboxylic acids is 1. The molecule has 7 nitrogen and oxygen atoms in total. The number of amides is 2. The molecule has 166 valence electrons. The van der Waals surface area contributed by atoms with Crippen LogP contribution in [0.2, 0.25) is 0 Å². The van der Waals surface area contributed by atoms with Crippen molar-refractivity contribution in [1.82, 2.24) is 19.8 Å². The monoisotopic (exact) mass is 434 g/mol. The quantitative estimate of drug-likeness (QED) is 0.678. The lowest BCUT2D eigenvalue weighted by Crippen LogP contribution is -2.52. The number of anilines is 2. The number of likely N-dealkylation sites (tertiary alicyclic amines) is 1. The van der Waals surface area contributed by atoms with Crippen LogP contribution in [-0.4, -0.2) is 65.1 Å². The number of urea groups is 1. The van der Waals surface area contributed by atoms with Gasteiger partial charge in [-0.25, -0.2) is 14.2 Å². The van der Waals surface area contributed by atoms with Crippen LogP contribution in [0.5, 0.6) is 0 Å². The first kappa shape index (κ1) is 20.5. The van der Waals surface area contributed by atoms with Crippen LogP contribution in [0.15, 0.2) is 48.5 Å². The van der Waals surface area contributed by atoms with Crippen LogP contribution in [0.3, 0.4) is 0 Å². The van der Waals surface area contributed by atoms with E-state index < -0.39 is 0 Å². The number of fused-ring (bicyclic) bond motifs is 1. The zero-order chi connectivity index (χ0) is 21.9. The van der Waals surface area contributed by atoms with E-state index in [4.69, 9.17) is 9.97 Å². The molecule has 0 spiro atoms. The summed E-state index contributed by atoms with van der Waals surface area (Å²) in [7, 11) is 0. The maximum Gasteiger partial charge on any atom is 0.320 e. The van der Waals surface area contributed by atoms with Crippen molar-refractivity contribution in [2.45, 2.75) is 19.4 Å². The molecule has 1 N–H and O–H groups in total. The maximum atomic E-state index is 13.2. The molecule has 32 heavy (non-hydrogen) atoms. The van der Waals surface area contributed by atoms with Crippen LogP contribution >= 0.6 is 0 Å². The SMILES string of the molecule is O=C(N1CCCC1)N1CCN(c2nc(NCc3ccc(F)cc3)c3ccccc3n2)CC1. The number of hydrogen-bond donors (Lipinski definition) is 1. The van der Waals surface area contributed by atoms with Crippen molar-refractivity contribution in [2.75, 3.05) is 49.5 Å². The molecule has 0 atom stereocenters. The maximum absolute atomic E-state index is 13.2. The van der Waals surface area contributed by atoms with Gasteiger partial charge in [-0.05, 0) is 42.7 Å². The van der Waals surface area contributed by atoms with E-state index in [-0.39, 0.29) is 11.8 Å². The molecule has 2 saturated heterocycles. The average molecular weight is 435 g/mol. The predicted octanol–water partition coefficient (Wildman–Crippen LogP) is 3.72. The third-order valence-corrected chi connectivity index (χ3v) is 6.17. The molecule has 0 unspecified atom stereocenters. The summed E-state index contributed by atoms with van der Waals surface area (Å²) >= 11 is 0. The van der Waals surface area contributed by atoms with Crippen LogP contribution in [-0.2, 0) is 6.54 Å². The van der Waals surface area contributed by atoms with Crippen LogP contribution in [0.4, 0.5) is 21.0 Å². The van der Waals surface area contributed by atoms with E-state index in [2.05, 4.69) is 10.2 Å². The lowest BCUT2D eigenvalue weighted by molar-refractivity contribution is 0.159. The van der Waals surface area contributed by atoms with Gasteiger partial charge < -0.3 is 20.0 Å². The highest BCUT2D eigenvalue weighted by Crippen LogP contribution is 2.25. The fourth-order valence-electron chi connectivity index (χ4n) is 4.33. The summed E-state index contributed by atoms with van der Waals surface area (Å²) in [5, 5.41) is 4.34. The number of carbonyl (C=O) groups is 1. The number of halogens is 1. The molecule has 0 saturated carbocycles. The molecule has 2 aromatic carbocycles. The number of nitrogens with zero attached hydrogens (tertiary/aromatic N) is 5. The summed E-state index contributed by atoms with van der Waals surface area (Å²) in [6.45, 7) is 5.03. The smallest absolute Gasteiger partial charge is 0.320 e. The number of rotatable bonds is 4. The second-order valence-electron chi connectivity index (χ2n) is 8.32. The van der Waals surface area contributed by atoms with Crippen molar-refractivity contribution in [1.29, 1.82) is 0 Å². The zero-order valence-corrected chi connectivity index (χ0v) is 18.0. The molecule has 8 heteroatoms. The Balaban J connectivity index is 1.32. The normalized spacial score (nSPS) is 16.6. The Morgan fingerprint density at radius 3 is 2.31 bits per heavy atom. The Morgan fingerprint density at radius 2 is 1.56 bits per heavy atom. The molecule has 2 aliphatic heterocycles. The zero-order valence-electron chi connectivity index (χ0n) is 18.0. The van der Waals surface area contributed by atoms with Gasteiger partial charge in [-0.15, -0.1) is 0 Å². The van der Waals surface area contributed by atoms with Crippen molar-refractivity contribution >= 4 is 28.7 Å². The summed E-state index contributed by atoms with van der Waals surface area (Å²) < 4.78 is 13.2. The van der Waals surface area contributed by atoms with Gasteiger partial charge >= 0.3 is 6.03 Å². The Morgan fingerprint density at radius 1 is 0.875 bits per heavy atom. The molecule has 3 aromatic rings. The lowest BCUT2D eigenvalue weighted by Gasteiger charge is -2.36. The predicted molar refractivity (Wildman–Crippen MR) is 123 cm³/mol. The Bertz CT molecular complexity index is 1090. The third-order valence-electron chi connectivity index (χ3n) is 6.17. The molecule has 0 radical (unpaired) electrons. The molecule has 2 amide bonds. The first-order chi connectivity index (χ1) is 15.7. The summed E-state index contributed by atoms with van der Waals surface area (Å²) in [6, 6.07) is 14.5. The summed E-state index contributed by atoms with van der Waals surface area (Å²) in [5.41, 5.74) is 1.85. The molecular weight excluding hydrogens is 407 g/mol. The van der Waals surface area contributed by atoms with Gasteiger partial charge in [-0.3, -0.25) is 0 Å². The first-order valence-corrected chi connectivity index (χ1v) is 11.2. The van der Waals surface area contributed by atoms with Crippen molar-refractivity contribution in [3.05, 3.63) is 59.9 Å². The van der Waals surface area contributed by atoms with Crippen LogP contribution in [0, 0.1) is 5.82 Å². The lowest BCUT2D eigenvalue weighted by atomic mass is 10.2. The molecule has 2 fully saturated rings.